The first kappa shape index (κ1) is 19.0. The standard InChI is InChI=1S/C21H30ClN3O2/c22-18-7-5-17(6-8-18)19(24-11-3-4-12-24)15-23-20(26)25-13-14-27-21(16-25)9-1-2-10-21/h5-8,19H,1-4,9-16H2,(H,23,26)/t19-/m1/s1. The van der Waals surface area contributed by atoms with E-state index in [1.807, 2.05) is 17.0 Å². The highest BCUT2D eigenvalue weighted by Crippen LogP contribution is 2.35. The Morgan fingerprint density at radius 1 is 1.11 bits per heavy atom. The second-order valence-electron chi connectivity index (χ2n) is 8.16. The largest absolute Gasteiger partial charge is 0.371 e. The lowest BCUT2D eigenvalue weighted by Crippen LogP contribution is -2.55. The number of likely N-dealkylation sites (tertiary alicyclic amines) is 1. The maximum atomic E-state index is 12.9. The maximum absolute atomic E-state index is 12.9. The van der Waals surface area contributed by atoms with Gasteiger partial charge in [-0.3, -0.25) is 4.90 Å². The van der Waals surface area contributed by atoms with Crippen molar-refractivity contribution in [3.8, 4) is 0 Å². The van der Waals surface area contributed by atoms with E-state index in [1.165, 1.54) is 31.2 Å². The molecular formula is C21H30ClN3O2. The van der Waals surface area contributed by atoms with Crippen LogP contribution in [0, 0.1) is 0 Å². The summed E-state index contributed by atoms with van der Waals surface area (Å²) in [5, 5.41) is 3.95. The average Bonchev–Trinajstić information content (AvgIpc) is 3.36. The van der Waals surface area contributed by atoms with Gasteiger partial charge in [0.1, 0.15) is 0 Å². The van der Waals surface area contributed by atoms with Gasteiger partial charge in [-0.1, -0.05) is 36.6 Å². The van der Waals surface area contributed by atoms with E-state index < -0.39 is 0 Å². The lowest BCUT2D eigenvalue weighted by atomic mass is 10.00. The first-order valence-corrected chi connectivity index (χ1v) is 10.7. The zero-order valence-electron chi connectivity index (χ0n) is 16.0. The number of rotatable bonds is 4. The molecular weight excluding hydrogens is 362 g/mol. The molecule has 1 aromatic rings. The first-order chi connectivity index (χ1) is 13.2. The van der Waals surface area contributed by atoms with Gasteiger partial charge in [-0.15, -0.1) is 0 Å². The Bertz CT molecular complexity index is 639. The van der Waals surface area contributed by atoms with E-state index in [-0.39, 0.29) is 17.7 Å². The summed E-state index contributed by atoms with van der Waals surface area (Å²) < 4.78 is 6.05. The normalized spacial score (nSPS) is 23.7. The van der Waals surface area contributed by atoms with E-state index in [1.54, 1.807) is 0 Å². The summed E-state index contributed by atoms with van der Waals surface area (Å²) in [6, 6.07) is 8.29. The number of urea groups is 1. The van der Waals surface area contributed by atoms with Crippen LogP contribution in [0.5, 0.6) is 0 Å². The zero-order chi connectivity index (χ0) is 18.7. The molecule has 5 nitrogen and oxygen atoms in total. The topological polar surface area (TPSA) is 44.8 Å². The van der Waals surface area contributed by atoms with Crippen molar-refractivity contribution >= 4 is 17.6 Å². The van der Waals surface area contributed by atoms with E-state index in [0.717, 1.165) is 37.5 Å². The van der Waals surface area contributed by atoms with Crippen molar-refractivity contribution in [2.24, 2.45) is 0 Å². The molecule has 0 bridgehead atoms. The Balaban J connectivity index is 1.39. The van der Waals surface area contributed by atoms with Crippen molar-refractivity contribution in [3.63, 3.8) is 0 Å². The van der Waals surface area contributed by atoms with Crippen molar-refractivity contribution in [2.75, 3.05) is 39.3 Å². The molecule has 27 heavy (non-hydrogen) atoms. The Hall–Kier alpha value is -1.30. The molecule has 0 unspecified atom stereocenters. The van der Waals surface area contributed by atoms with Gasteiger partial charge in [0.05, 0.1) is 24.8 Å². The van der Waals surface area contributed by atoms with Crippen LogP contribution in [-0.2, 0) is 4.74 Å². The number of benzene rings is 1. The highest BCUT2D eigenvalue weighted by atomic mass is 35.5. The molecule has 1 aliphatic carbocycles. The fourth-order valence-electron chi connectivity index (χ4n) is 4.83. The lowest BCUT2D eigenvalue weighted by Gasteiger charge is -2.40. The summed E-state index contributed by atoms with van der Waals surface area (Å²) in [5.74, 6) is 0. The smallest absolute Gasteiger partial charge is 0.317 e. The van der Waals surface area contributed by atoms with E-state index in [9.17, 15) is 4.79 Å². The van der Waals surface area contributed by atoms with E-state index in [2.05, 4.69) is 22.3 Å². The molecule has 1 spiro atoms. The van der Waals surface area contributed by atoms with E-state index in [0.29, 0.717) is 19.7 Å². The highest BCUT2D eigenvalue weighted by molar-refractivity contribution is 6.30. The fourth-order valence-corrected chi connectivity index (χ4v) is 4.96. The molecule has 3 aliphatic rings. The fraction of sp³-hybridized carbons (Fsp3) is 0.667. The minimum Gasteiger partial charge on any atom is -0.371 e. The summed E-state index contributed by atoms with van der Waals surface area (Å²) >= 11 is 6.06. The van der Waals surface area contributed by atoms with Crippen LogP contribution >= 0.6 is 11.6 Å². The second kappa shape index (κ2) is 8.38. The van der Waals surface area contributed by atoms with Gasteiger partial charge >= 0.3 is 6.03 Å². The van der Waals surface area contributed by atoms with Gasteiger partial charge in [0, 0.05) is 18.1 Å². The summed E-state index contributed by atoms with van der Waals surface area (Å²) in [7, 11) is 0. The van der Waals surface area contributed by atoms with Crippen molar-refractivity contribution < 1.29 is 9.53 Å². The molecule has 2 heterocycles. The minimum atomic E-state index is -0.0832. The van der Waals surface area contributed by atoms with Crippen LogP contribution in [-0.4, -0.2) is 60.8 Å². The van der Waals surface area contributed by atoms with Gasteiger partial charge in [0.25, 0.3) is 0 Å². The monoisotopic (exact) mass is 391 g/mol. The minimum absolute atomic E-state index is 0.0442. The molecule has 4 rings (SSSR count). The van der Waals surface area contributed by atoms with E-state index in [4.69, 9.17) is 16.3 Å². The molecule has 1 atom stereocenters. The number of carbonyl (C=O) groups is 1. The van der Waals surface area contributed by atoms with Crippen LogP contribution in [0.2, 0.25) is 5.02 Å². The predicted octanol–water partition coefficient (Wildman–Crippen LogP) is 3.83. The number of hydrogen-bond donors (Lipinski definition) is 1. The highest BCUT2D eigenvalue weighted by Gasteiger charge is 2.40. The number of hydrogen-bond acceptors (Lipinski definition) is 3. The number of nitrogens with one attached hydrogen (secondary N) is 1. The van der Waals surface area contributed by atoms with Gasteiger partial charge in [-0.25, -0.2) is 4.79 Å². The third kappa shape index (κ3) is 4.41. The third-order valence-electron chi connectivity index (χ3n) is 6.33. The van der Waals surface area contributed by atoms with Crippen molar-refractivity contribution in [1.29, 1.82) is 0 Å². The molecule has 0 radical (unpaired) electrons. The van der Waals surface area contributed by atoms with Gasteiger partial charge < -0.3 is 15.0 Å². The molecule has 2 aliphatic heterocycles. The third-order valence-corrected chi connectivity index (χ3v) is 6.59. The van der Waals surface area contributed by atoms with Crippen LogP contribution in [0.1, 0.15) is 50.1 Å². The van der Waals surface area contributed by atoms with Gasteiger partial charge in [0.2, 0.25) is 0 Å². The molecule has 148 valence electrons. The van der Waals surface area contributed by atoms with Crippen molar-refractivity contribution in [2.45, 2.75) is 50.2 Å². The molecule has 1 aromatic carbocycles. The molecule has 0 aromatic heterocycles. The Morgan fingerprint density at radius 3 is 2.52 bits per heavy atom. The summed E-state index contributed by atoms with van der Waals surface area (Å²) in [5.41, 5.74) is 1.14. The van der Waals surface area contributed by atoms with Crippen LogP contribution in [0.25, 0.3) is 0 Å². The Labute approximate surface area is 167 Å². The Morgan fingerprint density at radius 2 is 1.81 bits per heavy atom. The quantitative estimate of drug-likeness (QED) is 0.848. The zero-order valence-corrected chi connectivity index (χ0v) is 16.7. The van der Waals surface area contributed by atoms with E-state index >= 15 is 0 Å². The molecule has 6 heteroatoms. The second-order valence-corrected chi connectivity index (χ2v) is 8.59. The molecule has 1 saturated carbocycles. The number of morpholine rings is 1. The van der Waals surface area contributed by atoms with Crippen molar-refractivity contribution in [3.05, 3.63) is 34.9 Å². The number of carbonyl (C=O) groups excluding carboxylic acids is 1. The average molecular weight is 392 g/mol. The number of ether oxygens (including phenoxy) is 1. The first-order valence-electron chi connectivity index (χ1n) is 10.3. The SMILES string of the molecule is O=C(NC[C@H](c1ccc(Cl)cc1)N1CCCC1)N1CCOC2(CCCC2)C1. The lowest BCUT2D eigenvalue weighted by molar-refractivity contribution is -0.0926. The van der Waals surface area contributed by atoms with Crippen LogP contribution in [0.4, 0.5) is 4.79 Å². The van der Waals surface area contributed by atoms with Crippen LogP contribution in [0.3, 0.4) is 0 Å². The van der Waals surface area contributed by atoms with Gasteiger partial charge in [-0.05, 0) is 56.5 Å². The maximum Gasteiger partial charge on any atom is 0.317 e. The predicted molar refractivity (Wildman–Crippen MR) is 107 cm³/mol. The number of nitrogens with zero attached hydrogens (tertiary/aromatic N) is 2. The summed E-state index contributed by atoms with van der Waals surface area (Å²) in [6.45, 7) is 4.87. The van der Waals surface area contributed by atoms with Gasteiger partial charge in [-0.2, -0.15) is 0 Å². The Kier molecular flexibility index (Phi) is 5.90. The van der Waals surface area contributed by atoms with Crippen LogP contribution < -0.4 is 5.32 Å². The van der Waals surface area contributed by atoms with Gasteiger partial charge in [0.15, 0.2) is 0 Å². The van der Waals surface area contributed by atoms with Crippen LogP contribution in [0.15, 0.2) is 24.3 Å². The molecule has 2 amide bonds. The number of halogens is 1. The summed E-state index contributed by atoms with van der Waals surface area (Å²) in [4.78, 5) is 17.3. The molecule has 2 saturated heterocycles. The molecule has 3 fully saturated rings. The number of amides is 2. The molecule has 1 N–H and O–H groups in total. The van der Waals surface area contributed by atoms with Crippen molar-refractivity contribution in [1.82, 2.24) is 15.1 Å². The summed E-state index contributed by atoms with van der Waals surface area (Å²) in [6.07, 6.45) is 7.04.